The van der Waals surface area contributed by atoms with Crippen molar-refractivity contribution in [3.05, 3.63) is 82.2 Å². The summed E-state index contributed by atoms with van der Waals surface area (Å²) in [6.45, 7) is 4.03. The number of phenols is 1. The van der Waals surface area contributed by atoms with Crippen molar-refractivity contribution in [3.8, 4) is 5.75 Å². The zero-order valence-electron chi connectivity index (χ0n) is 18.0. The molecule has 0 spiro atoms. The number of hydrogen-bond donors (Lipinski definition) is 3. The summed E-state index contributed by atoms with van der Waals surface area (Å²) in [7, 11) is 0. The fraction of sp³-hybridized carbons (Fsp3) is 0.240. The van der Waals surface area contributed by atoms with Gasteiger partial charge in [-0.25, -0.2) is 4.68 Å². The van der Waals surface area contributed by atoms with Crippen LogP contribution in [0, 0.1) is 13.8 Å². The number of ketones is 1. The minimum atomic E-state index is -0.446. The average molecular weight is 428 g/mol. The fourth-order valence-corrected chi connectivity index (χ4v) is 4.41. The van der Waals surface area contributed by atoms with E-state index in [1.807, 2.05) is 32.0 Å². The first-order valence-corrected chi connectivity index (χ1v) is 10.7. The van der Waals surface area contributed by atoms with E-state index in [1.54, 1.807) is 28.9 Å². The molecule has 2 aliphatic rings. The number of aromatic hydroxyl groups is 1. The normalized spacial score (nSPS) is 17.4. The SMILES string of the molecule is Cc1ccc(NC(=O)c2cnn3c2NC2=C(C(=O)CCC2)[C@H]3c2ccc(O)cc2)cc1C. The summed E-state index contributed by atoms with van der Waals surface area (Å²) in [5.74, 6) is 0.538. The van der Waals surface area contributed by atoms with Gasteiger partial charge in [0.15, 0.2) is 5.78 Å². The molecule has 1 aliphatic carbocycles. The molecule has 1 atom stereocenters. The van der Waals surface area contributed by atoms with Crippen LogP contribution in [0.5, 0.6) is 5.75 Å². The number of fused-ring (bicyclic) bond motifs is 1. The molecule has 7 heteroatoms. The van der Waals surface area contributed by atoms with E-state index in [4.69, 9.17) is 0 Å². The Kier molecular flexibility index (Phi) is 4.81. The van der Waals surface area contributed by atoms with Gasteiger partial charge in [0.25, 0.3) is 5.91 Å². The number of hydrogen-bond acceptors (Lipinski definition) is 5. The minimum Gasteiger partial charge on any atom is -0.508 e. The van der Waals surface area contributed by atoms with Crippen molar-refractivity contribution >= 4 is 23.2 Å². The first-order valence-electron chi connectivity index (χ1n) is 10.7. The average Bonchev–Trinajstić information content (AvgIpc) is 3.19. The zero-order valence-corrected chi connectivity index (χ0v) is 18.0. The summed E-state index contributed by atoms with van der Waals surface area (Å²) in [6, 6.07) is 12.1. The number of anilines is 2. The van der Waals surface area contributed by atoms with Gasteiger partial charge in [-0.05, 0) is 67.6 Å². The van der Waals surface area contributed by atoms with E-state index in [0.29, 0.717) is 23.4 Å². The summed E-state index contributed by atoms with van der Waals surface area (Å²) >= 11 is 0. The molecular weight excluding hydrogens is 404 g/mol. The van der Waals surface area contributed by atoms with Crippen LogP contribution >= 0.6 is 0 Å². The summed E-state index contributed by atoms with van der Waals surface area (Å²) in [4.78, 5) is 26.0. The molecule has 2 heterocycles. The Morgan fingerprint density at radius 1 is 1.12 bits per heavy atom. The van der Waals surface area contributed by atoms with Gasteiger partial charge in [-0.15, -0.1) is 0 Å². The second kappa shape index (κ2) is 7.67. The van der Waals surface area contributed by atoms with Crippen molar-refractivity contribution < 1.29 is 14.7 Å². The Morgan fingerprint density at radius 3 is 2.66 bits per heavy atom. The van der Waals surface area contributed by atoms with Crippen LogP contribution in [0.2, 0.25) is 0 Å². The van der Waals surface area contributed by atoms with Crippen LogP contribution in [0.3, 0.4) is 0 Å². The van der Waals surface area contributed by atoms with Gasteiger partial charge in [0, 0.05) is 23.4 Å². The Balaban J connectivity index is 1.55. The van der Waals surface area contributed by atoms with E-state index in [9.17, 15) is 14.7 Å². The third-order valence-electron chi connectivity index (χ3n) is 6.26. The van der Waals surface area contributed by atoms with Gasteiger partial charge in [0.1, 0.15) is 23.2 Å². The molecule has 7 nitrogen and oxygen atoms in total. The highest BCUT2D eigenvalue weighted by atomic mass is 16.3. The number of Topliss-reactive ketones (excluding diaryl/α,β-unsaturated/α-hetero) is 1. The van der Waals surface area contributed by atoms with Gasteiger partial charge in [0.05, 0.1) is 6.20 Å². The quantitative estimate of drug-likeness (QED) is 0.572. The number of phenolic OH excluding ortho intramolecular Hbond substituents is 1. The van der Waals surface area contributed by atoms with Gasteiger partial charge in [-0.3, -0.25) is 9.59 Å². The number of nitrogens with zero attached hydrogens (tertiary/aromatic N) is 2. The molecule has 0 bridgehead atoms. The number of allylic oxidation sites excluding steroid dienone is 2. The van der Waals surface area contributed by atoms with E-state index in [0.717, 1.165) is 40.9 Å². The molecule has 0 saturated heterocycles. The van der Waals surface area contributed by atoms with Crippen LogP contribution < -0.4 is 10.6 Å². The number of aromatic nitrogens is 2. The van der Waals surface area contributed by atoms with E-state index < -0.39 is 6.04 Å². The number of nitrogens with one attached hydrogen (secondary N) is 2. The lowest BCUT2D eigenvalue weighted by Gasteiger charge is -2.33. The lowest BCUT2D eigenvalue weighted by molar-refractivity contribution is -0.116. The molecule has 1 aliphatic heterocycles. The van der Waals surface area contributed by atoms with Crippen molar-refractivity contribution in [2.24, 2.45) is 0 Å². The minimum absolute atomic E-state index is 0.0825. The third kappa shape index (κ3) is 3.36. The third-order valence-corrected chi connectivity index (χ3v) is 6.26. The number of amides is 1. The van der Waals surface area contributed by atoms with E-state index >= 15 is 0 Å². The van der Waals surface area contributed by atoms with Crippen LogP contribution in [-0.2, 0) is 4.79 Å². The van der Waals surface area contributed by atoms with Crippen molar-refractivity contribution in [1.82, 2.24) is 9.78 Å². The number of benzene rings is 2. The summed E-state index contributed by atoms with van der Waals surface area (Å²) < 4.78 is 1.70. The maximum Gasteiger partial charge on any atom is 0.261 e. The van der Waals surface area contributed by atoms with Gasteiger partial charge < -0.3 is 15.7 Å². The summed E-state index contributed by atoms with van der Waals surface area (Å²) in [5, 5.41) is 20.5. The molecule has 0 fully saturated rings. The van der Waals surface area contributed by atoms with E-state index in [2.05, 4.69) is 15.7 Å². The second-order valence-corrected chi connectivity index (χ2v) is 8.39. The molecule has 1 amide bonds. The smallest absolute Gasteiger partial charge is 0.261 e. The lowest BCUT2D eigenvalue weighted by atomic mass is 9.85. The van der Waals surface area contributed by atoms with Crippen LogP contribution in [0.25, 0.3) is 0 Å². The summed E-state index contributed by atoms with van der Waals surface area (Å²) in [6.07, 6.45) is 3.53. The lowest BCUT2D eigenvalue weighted by Crippen LogP contribution is -2.32. The monoisotopic (exact) mass is 428 g/mol. The standard InChI is InChI=1S/C25H24N4O3/c1-14-6-9-17(12-15(14)2)27-25(32)19-13-26-29-23(16-7-10-18(30)11-8-16)22-20(28-24(19)29)4-3-5-21(22)31/h6-13,23,28,30H,3-5H2,1-2H3,(H,27,32)/t23-/m1/s1. The molecular formula is C25H24N4O3. The predicted molar refractivity (Wildman–Crippen MR) is 122 cm³/mol. The van der Waals surface area contributed by atoms with Crippen LogP contribution in [0.4, 0.5) is 11.5 Å². The number of carbonyl (C=O) groups is 2. The number of aryl methyl sites for hydroxylation is 2. The first kappa shape index (κ1) is 20.1. The molecule has 3 aromatic rings. The van der Waals surface area contributed by atoms with Gasteiger partial charge in [-0.1, -0.05) is 18.2 Å². The molecule has 0 saturated carbocycles. The fourth-order valence-electron chi connectivity index (χ4n) is 4.41. The van der Waals surface area contributed by atoms with Crippen molar-refractivity contribution in [2.75, 3.05) is 10.6 Å². The molecule has 5 rings (SSSR count). The molecule has 3 N–H and O–H groups in total. The highest BCUT2D eigenvalue weighted by Gasteiger charge is 2.37. The maximum atomic E-state index is 13.1. The largest absolute Gasteiger partial charge is 0.508 e. The Bertz CT molecular complexity index is 1270. The van der Waals surface area contributed by atoms with Crippen LogP contribution in [0.15, 0.2) is 59.9 Å². The van der Waals surface area contributed by atoms with Gasteiger partial charge in [0.2, 0.25) is 0 Å². The van der Waals surface area contributed by atoms with Crippen molar-refractivity contribution in [3.63, 3.8) is 0 Å². The molecule has 2 aromatic carbocycles. The Hall–Kier alpha value is -3.87. The zero-order chi connectivity index (χ0) is 22.4. The van der Waals surface area contributed by atoms with Crippen molar-refractivity contribution in [2.45, 2.75) is 39.2 Å². The van der Waals surface area contributed by atoms with Gasteiger partial charge >= 0.3 is 0 Å². The molecule has 32 heavy (non-hydrogen) atoms. The van der Waals surface area contributed by atoms with Crippen molar-refractivity contribution in [1.29, 1.82) is 0 Å². The van der Waals surface area contributed by atoms with Gasteiger partial charge in [-0.2, -0.15) is 5.10 Å². The Labute approximate surface area is 185 Å². The topological polar surface area (TPSA) is 96.3 Å². The van der Waals surface area contributed by atoms with E-state index in [-0.39, 0.29) is 17.4 Å². The second-order valence-electron chi connectivity index (χ2n) is 8.39. The molecule has 162 valence electrons. The maximum absolute atomic E-state index is 13.1. The van der Waals surface area contributed by atoms with E-state index in [1.165, 1.54) is 6.20 Å². The predicted octanol–water partition coefficient (Wildman–Crippen LogP) is 4.48. The highest BCUT2D eigenvalue weighted by molar-refractivity contribution is 6.08. The highest BCUT2D eigenvalue weighted by Crippen LogP contribution is 2.41. The molecule has 0 unspecified atom stereocenters. The number of carbonyl (C=O) groups excluding carboxylic acids is 2. The van der Waals surface area contributed by atoms with Crippen LogP contribution in [-0.4, -0.2) is 26.6 Å². The van der Waals surface area contributed by atoms with Crippen LogP contribution in [0.1, 0.15) is 52.4 Å². The molecule has 1 aromatic heterocycles. The molecule has 0 radical (unpaired) electrons. The first-order chi connectivity index (χ1) is 15.4. The Morgan fingerprint density at radius 2 is 1.91 bits per heavy atom. The number of rotatable bonds is 3. The summed E-state index contributed by atoms with van der Waals surface area (Å²) in [5.41, 5.74) is 5.74.